The van der Waals surface area contributed by atoms with Gasteiger partial charge in [-0.05, 0) is 69.1 Å². The Balaban J connectivity index is 1.63. The van der Waals surface area contributed by atoms with Crippen molar-refractivity contribution in [2.45, 2.75) is 76.9 Å². The smallest absolute Gasteiger partial charge is 0.0249 e. The Bertz CT molecular complexity index is 340. The maximum absolute atomic E-state index is 3.73. The van der Waals surface area contributed by atoms with Crippen LogP contribution in [0.3, 0.4) is 0 Å². The molecule has 20 heavy (non-hydrogen) atoms. The number of hydrogen-bond acceptors (Lipinski definition) is 2. The fourth-order valence-corrected chi connectivity index (χ4v) is 6.48. The summed E-state index contributed by atoms with van der Waals surface area (Å²) in [4.78, 5) is 3.00. The van der Waals surface area contributed by atoms with Gasteiger partial charge >= 0.3 is 0 Å². The lowest BCUT2D eigenvalue weighted by atomic mass is 9.52. The van der Waals surface area contributed by atoms with Crippen LogP contribution in [-0.4, -0.2) is 35.6 Å². The largest absolute Gasteiger partial charge is 0.311 e. The maximum Gasteiger partial charge on any atom is 0.0249 e. The molecule has 5 rings (SSSR count). The summed E-state index contributed by atoms with van der Waals surface area (Å²) >= 11 is 0. The summed E-state index contributed by atoms with van der Waals surface area (Å²) in [6.07, 6.45) is 9.26. The first-order valence-corrected chi connectivity index (χ1v) is 9.06. The molecular weight excluding hydrogens is 244 g/mol. The van der Waals surface area contributed by atoms with Gasteiger partial charge in [0.15, 0.2) is 0 Å². The van der Waals surface area contributed by atoms with Crippen molar-refractivity contribution in [1.82, 2.24) is 10.2 Å². The van der Waals surface area contributed by atoms with Crippen LogP contribution in [-0.2, 0) is 0 Å². The highest BCUT2D eigenvalue weighted by Crippen LogP contribution is 2.58. The Hall–Kier alpha value is -0.0800. The van der Waals surface area contributed by atoms with Gasteiger partial charge in [-0.2, -0.15) is 0 Å². The van der Waals surface area contributed by atoms with Crippen molar-refractivity contribution < 1.29 is 0 Å². The van der Waals surface area contributed by atoms with Gasteiger partial charge in [-0.25, -0.2) is 0 Å². The molecule has 1 aliphatic heterocycles. The number of nitrogens with one attached hydrogen (secondary N) is 1. The molecule has 114 valence electrons. The summed E-state index contributed by atoms with van der Waals surface area (Å²) in [5.41, 5.74) is 0.597. The molecule has 0 aromatic rings. The zero-order valence-electron chi connectivity index (χ0n) is 13.6. The fourth-order valence-electron chi connectivity index (χ4n) is 6.48. The zero-order valence-corrected chi connectivity index (χ0v) is 13.6. The molecule has 0 aromatic carbocycles. The van der Waals surface area contributed by atoms with Crippen LogP contribution in [0.4, 0.5) is 0 Å². The summed E-state index contributed by atoms with van der Waals surface area (Å²) in [6, 6.07) is 1.44. The van der Waals surface area contributed by atoms with Gasteiger partial charge in [0.05, 0.1) is 0 Å². The van der Waals surface area contributed by atoms with Crippen molar-refractivity contribution in [3.8, 4) is 0 Å². The Morgan fingerprint density at radius 1 is 1.00 bits per heavy atom. The van der Waals surface area contributed by atoms with Crippen LogP contribution >= 0.6 is 0 Å². The molecule has 2 heteroatoms. The lowest BCUT2D eigenvalue weighted by molar-refractivity contribution is -0.121. The molecule has 2 atom stereocenters. The molecular formula is C18H32N2. The predicted octanol–water partition coefficient (Wildman–Crippen LogP) is 3.27. The van der Waals surface area contributed by atoms with Crippen LogP contribution in [0.2, 0.25) is 0 Å². The average molecular weight is 276 g/mol. The number of piperazine rings is 1. The van der Waals surface area contributed by atoms with Crippen molar-refractivity contribution in [2.75, 3.05) is 13.1 Å². The van der Waals surface area contributed by atoms with Gasteiger partial charge in [0.25, 0.3) is 0 Å². The van der Waals surface area contributed by atoms with Gasteiger partial charge < -0.3 is 5.32 Å². The molecule has 2 unspecified atom stereocenters. The Morgan fingerprint density at radius 2 is 1.55 bits per heavy atom. The Labute approximate surface area is 124 Å². The summed E-state index contributed by atoms with van der Waals surface area (Å²) in [5, 5.41) is 3.73. The molecule has 4 saturated carbocycles. The second-order valence-electron chi connectivity index (χ2n) is 8.91. The average Bonchev–Trinajstić information content (AvgIpc) is 2.36. The molecule has 1 saturated heterocycles. The molecule has 2 nitrogen and oxygen atoms in total. The molecule has 0 spiro atoms. The minimum absolute atomic E-state index is 0.597. The quantitative estimate of drug-likeness (QED) is 0.833. The van der Waals surface area contributed by atoms with E-state index in [4.69, 9.17) is 0 Å². The van der Waals surface area contributed by atoms with Crippen LogP contribution < -0.4 is 5.32 Å². The molecule has 0 aromatic heterocycles. The molecule has 5 aliphatic rings. The molecule has 1 N–H and O–H groups in total. The SMILES string of the molecule is CC1CN(C23CC4CC(CC(C4)C2)C3)C(C(C)C)CN1. The third-order valence-electron chi connectivity index (χ3n) is 6.93. The number of hydrogen-bond donors (Lipinski definition) is 1. The zero-order chi connectivity index (χ0) is 13.9. The van der Waals surface area contributed by atoms with Gasteiger partial charge in [-0.1, -0.05) is 13.8 Å². The molecule has 1 heterocycles. The summed E-state index contributed by atoms with van der Waals surface area (Å²) < 4.78 is 0. The van der Waals surface area contributed by atoms with Crippen LogP contribution in [0.1, 0.15) is 59.3 Å². The summed E-state index contributed by atoms with van der Waals surface area (Å²) in [5.74, 6) is 3.99. The van der Waals surface area contributed by atoms with E-state index >= 15 is 0 Å². The first-order valence-electron chi connectivity index (χ1n) is 9.06. The Kier molecular flexibility index (Phi) is 3.20. The molecule has 4 bridgehead atoms. The van der Waals surface area contributed by atoms with E-state index in [0.717, 1.165) is 29.7 Å². The molecule has 5 fully saturated rings. The molecule has 0 amide bonds. The van der Waals surface area contributed by atoms with E-state index in [-0.39, 0.29) is 0 Å². The van der Waals surface area contributed by atoms with Gasteiger partial charge in [0.2, 0.25) is 0 Å². The highest BCUT2D eigenvalue weighted by molar-refractivity contribution is 5.10. The van der Waals surface area contributed by atoms with Crippen LogP contribution in [0.5, 0.6) is 0 Å². The van der Waals surface area contributed by atoms with Crippen LogP contribution in [0, 0.1) is 23.7 Å². The third kappa shape index (κ3) is 2.06. The van der Waals surface area contributed by atoms with E-state index in [1.54, 1.807) is 19.3 Å². The van der Waals surface area contributed by atoms with E-state index in [9.17, 15) is 0 Å². The molecule has 0 radical (unpaired) electrons. The van der Waals surface area contributed by atoms with Crippen molar-refractivity contribution in [1.29, 1.82) is 0 Å². The minimum atomic E-state index is 0.597. The van der Waals surface area contributed by atoms with Crippen LogP contribution in [0.15, 0.2) is 0 Å². The van der Waals surface area contributed by atoms with E-state index in [2.05, 4.69) is 31.0 Å². The second kappa shape index (κ2) is 4.71. The van der Waals surface area contributed by atoms with Gasteiger partial charge in [0.1, 0.15) is 0 Å². The normalized spacial score (nSPS) is 51.9. The van der Waals surface area contributed by atoms with Gasteiger partial charge in [-0.15, -0.1) is 0 Å². The van der Waals surface area contributed by atoms with E-state index in [1.165, 1.54) is 32.4 Å². The first-order chi connectivity index (χ1) is 9.56. The fraction of sp³-hybridized carbons (Fsp3) is 1.00. The topological polar surface area (TPSA) is 15.3 Å². The van der Waals surface area contributed by atoms with Crippen molar-refractivity contribution in [3.05, 3.63) is 0 Å². The van der Waals surface area contributed by atoms with Crippen LogP contribution in [0.25, 0.3) is 0 Å². The van der Waals surface area contributed by atoms with Crippen molar-refractivity contribution >= 4 is 0 Å². The number of nitrogens with zero attached hydrogens (tertiary/aromatic N) is 1. The van der Waals surface area contributed by atoms with Crippen molar-refractivity contribution in [3.63, 3.8) is 0 Å². The van der Waals surface area contributed by atoms with Gasteiger partial charge in [0, 0.05) is 30.7 Å². The van der Waals surface area contributed by atoms with Gasteiger partial charge in [-0.3, -0.25) is 4.90 Å². The lowest BCUT2D eigenvalue weighted by Gasteiger charge is -2.63. The monoisotopic (exact) mass is 276 g/mol. The minimum Gasteiger partial charge on any atom is -0.311 e. The highest BCUT2D eigenvalue weighted by atomic mass is 15.3. The predicted molar refractivity (Wildman–Crippen MR) is 83.7 cm³/mol. The standard InChI is InChI=1S/C18H32N2/c1-12(2)17-10-19-13(3)11-20(17)18-7-14-4-15(8-18)6-16(5-14)9-18/h12-17,19H,4-11H2,1-3H3. The first kappa shape index (κ1) is 13.6. The lowest BCUT2D eigenvalue weighted by Crippen LogP contribution is -2.69. The number of rotatable bonds is 2. The molecule has 4 aliphatic carbocycles. The van der Waals surface area contributed by atoms with E-state index in [1.807, 2.05) is 0 Å². The van der Waals surface area contributed by atoms with E-state index < -0.39 is 0 Å². The summed E-state index contributed by atoms with van der Waals surface area (Å²) in [7, 11) is 0. The Morgan fingerprint density at radius 3 is 2.05 bits per heavy atom. The second-order valence-corrected chi connectivity index (χ2v) is 8.91. The van der Waals surface area contributed by atoms with E-state index in [0.29, 0.717) is 11.6 Å². The maximum atomic E-state index is 3.73. The highest BCUT2D eigenvalue weighted by Gasteiger charge is 2.55. The summed E-state index contributed by atoms with van der Waals surface area (Å²) in [6.45, 7) is 9.73. The third-order valence-corrected chi connectivity index (χ3v) is 6.93. The van der Waals surface area contributed by atoms with Crippen molar-refractivity contribution in [2.24, 2.45) is 23.7 Å².